The highest BCUT2D eigenvalue weighted by Gasteiger charge is 2.29. The molecule has 116 valence electrons. The topological polar surface area (TPSA) is 46.1 Å². The Morgan fingerprint density at radius 3 is 2.86 bits per heavy atom. The Kier molecular flexibility index (Phi) is 4.52. The Labute approximate surface area is 135 Å². The summed E-state index contributed by atoms with van der Waals surface area (Å²) in [5.74, 6) is 0.184. The molecule has 1 fully saturated rings. The van der Waals surface area contributed by atoms with Crippen LogP contribution in [0.15, 0.2) is 23.7 Å². The van der Waals surface area contributed by atoms with Gasteiger partial charge in [-0.3, -0.25) is 9.78 Å². The first-order valence-corrected chi connectivity index (χ1v) is 8.64. The molecule has 1 aliphatic rings. The Balaban J connectivity index is 1.75. The van der Waals surface area contributed by atoms with Crippen LogP contribution in [0.25, 0.3) is 0 Å². The number of carbonyl (C=O) groups excluding carboxylic acids is 1. The summed E-state index contributed by atoms with van der Waals surface area (Å²) in [6.07, 6.45) is 5.50. The third kappa shape index (κ3) is 3.35. The van der Waals surface area contributed by atoms with Gasteiger partial charge in [0.05, 0.1) is 12.5 Å². The number of rotatable bonds is 3. The zero-order chi connectivity index (χ0) is 15.5. The molecule has 5 heteroatoms. The number of nitrogens with zero attached hydrogens (tertiary/aromatic N) is 3. The number of hydrogen-bond donors (Lipinski definition) is 0. The average molecular weight is 315 g/mol. The average Bonchev–Trinajstić information content (AvgIpc) is 2.96. The number of piperidine rings is 1. The van der Waals surface area contributed by atoms with Crippen molar-refractivity contribution < 1.29 is 4.79 Å². The van der Waals surface area contributed by atoms with Crippen LogP contribution in [0.2, 0.25) is 0 Å². The van der Waals surface area contributed by atoms with Crippen LogP contribution >= 0.6 is 11.3 Å². The number of thiazole rings is 1. The fourth-order valence-corrected chi connectivity index (χ4v) is 3.83. The molecule has 0 N–H and O–H groups in total. The van der Waals surface area contributed by atoms with Gasteiger partial charge in [0.2, 0.25) is 5.91 Å². The smallest absolute Gasteiger partial charge is 0.227 e. The van der Waals surface area contributed by atoms with E-state index in [2.05, 4.69) is 15.3 Å². The van der Waals surface area contributed by atoms with Crippen LogP contribution in [-0.4, -0.2) is 27.3 Å². The summed E-state index contributed by atoms with van der Waals surface area (Å²) < 4.78 is 0. The van der Waals surface area contributed by atoms with Gasteiger partial charge < -0.3 is 4.90 Å². The summed E-state index contributed by atoms with van der Waals surface area (Å²) >= 11 is 1.67. The number of aromatic nitrogens is 2. The molecule has 0 aliphatic carbocycles. The second kappa shape index (κ2) is 6.57. The Bertz CT molecular complexity index is 650. The van der Waals surface area contributed by atoms with Crippen molar-refractivity contribution in [2.45, 2.75) is 45.6 Å². The number of amides is 1. The monoisotopic (exact) mass is 315 g/mol. The molecule has 0 bridgehead atoms. The number of likely N-dealkylation sites (tertiary alicyclic amines) is 1. The SMILES string of the molecule is Cc1ccc(CC(=O)N2CCCCC2c2nc(C)cs2)cn1. The second-order valence-electron chi connectivity index (χ2n) is 5.91. The maximum absolute atomic E-state index is 12.7. The van der Waals surface area contributed by atoms with E-state index in [4.69, 9.17) is 0 Å². The lowest BCUT2D eigenvalue weighted by molar-refractivity contribution is -0.134. The van der Waals surface area contributed by atoms with Crippen molar-refractivity contribution in [1.29, 1.82) is 0 Å². The molecule has 1 amide bonds. The summed E-state index contributed by atoms with van der Waals surface area (Å²) in [6.45, 7) is 4.80. The predicted molar refractivity (Wildman–Crippen MR) is 87.8 cm³/mol. The molecule has 2 aromatic rings. The van der Waals surface area contributed by atoms with Crippen LogP contribution in [0.4, 0.5) is 0 Å². The molecule has 2 aromatic heterocycles. The van der Waals surface area contributed by atoms with E-state index in [1.165, 1.54) is 6.42 Å². The zero-order valence-corrected chi connectivity index (χ0v) is 13.9. The number of hydrogen-bond acceptors (Lipinski definition) is 4. The third-order valence-corrected chi connectivity index (χ3v) is 5.14. The van der Waals surface area contributed by atoms with Gasteiger partial charge in [-0.2, -0.15) is 0 Å². The molecule has 1 atom stereocenters. The predicted octanol–water partition coefficient (Wildman–Crippen LogP) is 3.45. The summed E-state index contributed by atoms with van der Waals surface area (Å²) in [5, 5.41) is 3.14. The molecule has 22 heavy (non-hydrogen) atoms. The van der Waals surface area contributed by atoms with Crippen molar-refractivity contribution in [1.82, 2.24) is 14.9 Å². The molecular formula is C17H21N3OS. The van der Waals surface area contributed by atoms with Crippen LogP contribution < -0.4 is 0 Å². The van der Waals surface area contributed by atoms with E-state index in [0.29, 0.717) is 6.42 Å². The first-order valence-electron chi connectivity index (χ1n) is 7.76. The quantitative estimate of drug-likeness (QED) is 0.871. The van der Waals surface area contributed by atoms with Crippen LogP contribution in [0.3, 0.4) is 0 Å². The van der Waals surface area contributed by atoms with E-state index in [-0.39, 0.29) is 11.9 Å². The molecular weight excluding hydrogens is 294 g/mol. The number of aryl methyl sites for hydroxylation is 2. The van der Waals surface area contributed by atoms with Gasteiger partial charge in [-0.15, -0.1) is 11.3 Å². The van der Waals surface area contributed by atoms with Crippen LogP contribution in [0.1, 0.15) is 47.3 Å². The minimum Gasteiger partial charge on any atom is -0.333 e. The van der Waals surface area contributed by atoms with Gasteiger partial charge in [0, 0.05) is 29.5 Å². The normalized spacial score (nSPS) is 18.5. The molecule has 0 saturated carbocycles. The number of carbonyl (C=O) groups is 1. The van der Waals surface area contributed by atoms with Crippen molar-refractivity contribution in [3.05, 3.63) is 45.7 Å². The first-order chi connectivity index (χ1) is 10.6. The minimum atomic E-state index is 0.151. The maximum Gasteiger partial charge on any atom is 0.227 e. The van der Waals surface area contributed by atoms with Crippen LogP contribution in [0, 0.1) is 13.8 Å². The van der Waals surface area contributed by atoms with Gasteiger partial charge in [0.25, 0.3) is 0 Å². The van der Waals surface area contributed by atoms with Crippen LogP contribution in [-0.2, 0) is 11.2 Å². The van der Waals surface area contributed by atoms with Crippen molar-refractivity contribution in [2.75, 3.05) is 6.54 Å². The van der Waals surface area contributed by atoms with Gasteiger partial charge in [-0.1, -0.05) is 6.07 Å². The highest BCUT2D eigenvalue weighted by Crippen LogP contribution is 2.33. The largest absolute Gasteiger partial charge is 0.333 e. The fourth-order valence-electron chi connectivity index (χ4n) is 2.89. The molecule has 1 unspecified atom stereocenters. The van der Waals surface area contributed by atoms with E-state index in [0.717, 1.165) is 41.3 Å². The van der Waals surface area contributed by atoms with E-state index < -0.39 is 0 Å². The molecule has 0 spiro atoms. The van der Waals surface area contributed by atoms with Gasteiger partial charge >= 0.3 is 0 Å². The summed E-state index contributed by atoms with van der Waals surface area (Å²) in [5.41, 5.74) is 3.00. The third-order valence-electron chi connectivity index (χ3n) is 4.07. The molecule has 3 rings (SSSR count). The molecule has 0 radical (unpaired) electrons. The Hall–Kier alpha value is -1.75. The molecule has 1 saturated heterocycles. The Morgan fingerprint density at radius 2 is 2.18 bits per heavy atom. The fraction of sp³-hybridized carbons (Fsp3) is 0.471. The first kappa shape index (κ1) is 15.2. The van der Waals surface area contributed by atoms with E-state index in [1.54, 1.807) is 17.5 Å². The standard InChI is InChI=1S/C17H21N3OS/c1-12-6-7-14(10-18-12)9-16(21)20-8-4-3-5-15(20)17-19-13(2)11-22-17/h6-7,10-11,15H,3-5,8-9H2,1-2H3. The summed E-state index contributed by atoms with van der Waals surface area (Å²) in [6, 6.07) is 4.10. The van der Waals surface area contributed by atoms with Crippen LogP contribution in [0.5, 0.6) is 0 Å². The molecule has 4 nitrogen and oxygen atoms in total. The van der Waals surface area contributed by atoms with Gasteiger partial charge in [-0.05, 0) is 44.7 Å². The Morgan fingerprint density at radius 1 is 1.32 bits per heavy atom. The molecule has 1 aliphatic heterocycles. The zero-order valence-electron chi connectivity index (χ0n) is 13.1. The highest BCUT2D eigenvalue weighted by atomic mass is 32.1. The van der Waals surface area contributed by atoms with Crippen molar-refractivity contribution in [3.8, 4) is 0 Å². The van der Waals surface area contributed by atoms with E-state index in [1.807, 2.05) is 30.9 Å². The van der Waals surface area contributed by atoms with Gasteiger partial charge in [-0.25, -0.2) is 4.98 Å². The summed E-state index contributed by atoms with van der Waals surface area (Å²) in [4.78, 5) is 23.6. The summed E-state index contributed by atoms with van der Waals surface area (Å²) in [7, 11) is 0. The lowest BCUT2D eigenvalue weighted by Crippen LogP contribution is -2.39. The maximum atomic E-state index is 12.7. The van der Waals surface area contributed by atoms with Crippen molar-refractivity contribution in [2.24, 2.45) is 0 Å². The lowest BCUT2D eigenvalue weighted by atomic mass is 10.0. The van der Waals surface area contributed by atoms with Gasteiger partial charge in [0.1, 0.15) is 5.01 Å². The van der Waals surface area contributed by atoms with E-state index in [9.17, 15) is 4.79 Å². The van der Waals surface area contributed by atoms with Gasteiger partial charge in [0.15, 0.2) is 0 Å². The second-order valence-corrected chi connectivity index (χ2v) is 6.80. The highest BCUT2D eigenvalue weighted by molar-refractivity contribution is 7.09. The minimum absolute atomic E-state index is 0.151. The van der Waals surface area contributed by atoms with E-state index >= 15 is 0 Å². The number of pyridine rings is 1. The van der Waals surface area contributed by atoms with Crippen molar-refractivity contribution >= 4 is 17.2 Å². The molecule has 0 aromatic carbocycles. The lowest BCUT2D eigenvalue weighted by Gasteiger charge is -2.34. The van der Waals surface area contributed by atoms with Crippen molar-refractivity contribution in [3.63, 3.8) is 0 Å². The molecule has 3 heterocycles.